The summed E-state index contributed by atoms with van der Waals surface area (Å²) in [7, 11) is 0. The third-order valence-corrected chi connectivity index (χ3v) is 3.58. The normalized spacial score (nSPS) is 10.4. The third-order valence-electron chi connectivity index (χ3n) is 2.53. The number of imidazole rings is 1. The van der Waals surface area contributed by atoms with Crippen molar-refractivity contribution in [1.29, 1.82) is 0 Å². The van der Waals surface area contributed by atoms with Crippen molar-refractivity contribution in [3.8, 4) is 5.69 Å². The number of hydrogen-bond acceptors (Lipinski definition) is 2. The molecule has 1 aromatic carbocycles. The summed E-state index contributed by atoms with van der Waals surface area (Å²) in [6, 6.07) is 3.91. The molecule has 18 heavy (non-hydrogen) atoms. The number of anilines is 1. The number of benzene rings is 1. The smallest absolute Gasteiger partial charge is 0.207 e. The van der Waals surface area contributed by atoms with Gasteiger partial charge in [-0.3, -0.25) is 4.57 Å². The summed E-state index contributed by atoms with van der Waals surface area (Å²) in [5.74, 6) is 0.760. The van der Waals surface area contributed by atoms with Crippen LogP contribution in [0.3, 0.4) is 0 Å². The maximum atomic E-state index is 6.17. The molecule has 0 spiro atoms. The summed E-state index contributed by atoms with van der Waals surface area (Å²) in [5, 5.41) is 3.91. The van der Waals surface area contributed by atoms with Crippen molar-refractivity contribution >= 4 is 33.5 Å². The van der Waals surface area contributed by atoms with Crippen LogP contribution in [-0.4, -0.2) is 16.1 Å². The van der Waals surface area contributed by atoms with Crippen molar-refractivity contribution in [2.45, 2.75) is 6.92 Å². The number of nitrogens with one attached hydrogen (secondary N) is 1. The molecule has 0 fully saturated rings. The van der Waals surface area contributed by atoms with Crippen molar-refractivity contribution in [2.75, 3.05) is 11.9 Å². The maximum Gasteiger partial charge on any atom is 0.207 e. The molecule has 2 aromatic rings. The minimum Gasteiger partial charge on any atom is -0.352 e. The first-order chi connectivity index (χ1) is 8.63. The van der Waals surface area contributed by atoms with Crippen LogP contribution in [0.4, 0.5) is 5.95 Å². The lowest BCUT2D eigenvalue weighted by molar-refractivity contribution is 1.03. The molecular formula is C13H13BrClN3. The van der Waals surface area contributed by atoms with Crippen LogP contribution in [0, 0.1) is 6.92 Å². The van der Waals surface area contributed by atoms with Gasteiger partial charge in [-0.1, -0.05) is 17.7 Å². The molecule has 3 nitrogen and oxygen atoms in total. The van der Waals surface area contributed by atoms with Crippen LogP contribution in [0.2, 0.25) is 5.02 Å². The average molecular weight is 327 g/mol. The Hall–Kier alpha value is -1.26. The zero-order valence-electron chi connectivity index (χ0n) is 9.95. The molecule has 0 aliphatic heterocycles. The average Bonchev–Trinajstić information content (AvgIpc) is 2.79. The number of halogens is 2. The second-order valence-electron chi connectivity index (χ2n) is 3.84. The van der Waals surface area contributed by atoms with Gasteiger partial charge in [0.05, 0.1) is 5.69 Å². The molecule has 0 saturated carbocycles. The van der Waals surface area contributed by atoms with Crippen molar-refractivity contribution in [1.82, 2.24) is 9.55 Å². The molecule has 0 aliphatic rings. The van der Waals surface area contributed by atoms with Gasteiger partial charge in [-0.2, -0.15) is 0 Å². The molecule has 94 valence electrons. The van der Waals surface area contributed by atoms with Gasteiger partial charge in [-0.25, -0.2) is 4.98 Å². The minimum atomic E-state index is 0.661. The number of aromatic nitrogens is 2. The summed E-state index contributed by atoms with van der Waals surface area (Å²) in [6.07, 6.45) is 5.42. The molecule has 1 heterocycles. The van der Waals surface area contributed by atoms with Gasteiger partial charge in [0.1, 0.15) is 0 Å². The van der Waals surface area contributed by atoms with Gasteiger partial charge in [-0.05, 0) is 40.5 Å². The Morgan fingerprint density at radius 1 is 1.56 bits per heavy atom. The van der Waals surface area contributed by atoms with E-state index in [9.17, 15) is 0 Å². The van der Waals surface area contributed by atoms with Gasteiger partial charge in [0.2, 0.25) is 5.95 Å². The molecule has 0 amide bonds. The molecule has 0 aliphatic carbocycles. The van der Waals surface area contributed by atoms with E-state index in [1.165, 1.54) is 0 Å². The fourth-order valence-corrected chi connectivity index (χ4v) is 2.42. The monoisotopic (exact) mass is 325 g/mol. The van der Waals surface area contributed by atoms with E-state index in [-0.39, 0.29) is 0 Å². The lowest BCUT2D eigenvalue weighted by Crippen LogP contribution is -2.06. The summed E-state index contributed by atoms with van der Waals surface area (Å²) in [4.78, 5) is 4.26. The van der Waals surface area contributed by atoms with Crippen LogP contribution in [0.15, 0.2) is 41.7 Å². The number of rotatable bonds is 4. The Morgan fingerprint density at radius 3 is 3.06 bits per heavy atom. The Kier molecular flexibility index (Phi) is 4.09. The first kappa shape index (κ1) is 13.2. The number of aryl methyl sites for hydroxylation is 1. The van der Waals surface area contributed by atoms with E-state index >= 15 is 0 Å². The Bertz CT molecular complexity index is 578. The molecule has 0 radical (unpaired) electrons. The largest absolute Gasteiger partial charge is 0.352 e. The van der Waals surface area contributed by atoms with Crippen LogP contribution >= 0.6 is 27.5 Å². The Morgan fingerprint density at radius 2 is 2.33 bits per heavy atom. The molecular weight excluding hydrogens is 314 g/mol. The zero-order valence-corrected chi connectivity index (χ0v) is 12.3. The first-order valence-electron chi connectivity index (χ1n) is 5.47. The summed E-state index contributed by atoms with van der Waals surface area (Å²) >= 11 is 9.72. The van der Waals surface area contributed by atoms with E-state index in [0.717, 1.165) is 26.7 Å². The highest BCUT2D eigenvalue weighted by Crippen LogP contribution is 2.29. The van der Waals surface area contributed by atoms with E-state index < -0.39 is 0 Å². The summed E-state index contributed by atoms with van der Waals surface area (Å²) < 4.78 is 2.92. The lowest BCUT2D eigenvalue weighted by atomic mass is 10.2. The van der Waals surface area contributed by atoms with Crippen molar-refractivity contribution < 1.29 is 0 Å². The fraction of sp³-hybridized carbons (Fsp3) is 0.154. The predicted octanol–water partition coefficient (Wildman–Crippen LogP) is 4.19. The quantitative estimate of drug-likeness (QED) is 0.854. The standard InChI is InChI=1S/C13H13BrClN3/c1-3-4-16-13-17-5-6-18(13)12-8-11(15)9(2)7-10(12)14/h3,5-8H,1,4H2,2H3,(H,16,17). The summed E-state index contributed by atoms with van der Waals surface area (Å²) in [6.45, 7) is 6.31. The summed E-state index contributed by atoms with van der Waals surface area (Å²) in [5.41, 5.74) is 1.99. The van der Waals surface area contributed by atoms with E-state index in [1.54, 1.807) is 12.3 Å². The fourth-order valence-electron chi connectivity index (χ4n) is 1.61. The first-order valence-corrected chi connectivity index (χ1v) is 6.64. The lowest BCUT2D eigenvalue weighted by Gasteiger charge is -2.12. The zero-order chi connectivity index (χ0) is 13.1. The molecule has 0 unspecified atom stereocenters. The molecule has 0 saturated heterocycles. The van der Waals surface area contributed by atoms with E-state index in [1.807, 2.05) is 29.8 Å². The Labute approximate surface area is 120 Å². The molecule has 0 atom stereocenters. The topological polar surface area (TPSA) is 29.9 Å². The van der Waals surface area contributed by atoms with Gasteiger partial charge in [-0.15, -0.1) is 6.58 Å². The second-order valence-corrected chi connectivity index (χ2v) is 5.10. The molecule has 1 N–H and O–H groups in total. The van der Waals surface area contributed by atoms with Crippen molar-refractivity contribution in [3.05, 3.63) is 52.2 Å². The minimum absolute atomic E-state index is 0.661. The molecule has 1 aromatic heterocycles. The van der Waals surface area contributed by atoms with Crippen LogP contribution in [0.25, 0.3) is 5.69 Å². The predicted molar refractivity (Wildman–Crippen MR) is 79.7 cm³/mol. The van der Waals surface area contributed by atoms with Gasteiger partial charge in [0.15, 0.2) is 0 Å². The van der Waals surface area contributed by atoms with Crippen molar-refractivity contribution in [3.63, 3.8) is 0 Å². The number of hydrogen-bond donors (Lipinski definition) is 1. The number of nitrogens with zero attached hydrogens (tertiary/aromatic N) is 2. The van der Waals surface area contributed by atoms with Crippen LogP contribution in [0.1, 0.15) is 5.56 Å². The highest BCUT2D eigenvalue weighted by atomic mass is 79.9. The Balaban J connectivity index is 2.45. The highest BCUT2D eigenvalue weighted by Gasteiger charge is 2.09. The highest BCUT2D eigenvalue weighted by molar-refractivity contribution is 9.10. The van der Waals surface area contributed by atoms with E-state index in [2.05, 4.69) is 32.8 Å². The molecule has 5 heteroatoms. The SMILES string of the molecule is C=CCNc1nccn1-c1cc(Cl)c(C)cc1Br. The van der Waals surface area contributed by atoms with Crippen LogP contribution < -0.4 is 5.32 Å². The maximum absolute atomic E-state index is 6.17. The van der Waals surface area contributed by atoms with Crippen molar-refractivity contribution in [2.24, 2.45) is 0 Å². The van der Waals surface area contributed by atoms with Crippen LogP contribution in [-0.2, 0) is 0 Å². The van der Waals surface area contributed by atoms with Gasteiger partial charge < -0.3 is 5.32 Å². The third kappa shape index (κ3) is 2.60. The van der Waals surface area contributed by atoms with E-state index in [4.69, 9.17) is 11.6 Å². The second kappa shape index (κ2) is 5.59. The van der Waals surface area contributed by atoms with Gasteiger partial charge >= 0.3 is 0 Å². The van der Waals surface area contributed by atoms with Gasteiger partial charge in [0, 0.05) is 28.4 Å². The van der Waals surface area contributed by atoms with E-state index in [0.29, 0.717) is 6.54 Å². The van der Waals surface area contributed by atoms with Gasteiger partial charge in [0.25, 0.3) is 0 Å². The molecule has 2 rings (SSSR count). The van der Waals surface area contributed by atoms with Crippen LogP contribution in [0.5, 0.6) is 0 Å². The molecule has 0 bridgehead atoms.